The molecule has 1 heterocycles. The van der Waals surface area contributed by atoms with E-state index in [1.54, 1.807) is 18.2 Å². The topological polar surface area (TPSA) is 48.1 Å². The van der Waals surface area contributed by atoms with E-state index in [4.69, 9.17) is 14.2 Å². The van der Waals surface area contributed by atoms with E-state index in [0.717, 1.165) is 6.61 Å². The van der Waals surface area contributed by atoms with Crippen LogP contribution in [0.4, 0.5) is 0 Å². The Balaban J connectivity index is 2.07. The standard InChI is InChI=1S/C14H18O4/c1-14(2,3)18-13(15)11-6-4-5-7-12(11)17-9-10-8-16-10/h4-7,10H,8-9H2,1-3H3. The summed E-state index contributed by atoms with van der Waals surface area (Å²) in [7, 11) is 0. The van der Waals surface area contributed by atoms with Gasteiger partial charge in [-0.3, -0.25) is 0 Å². The second-order valence-electron chi connectivity index (χ2n) is 5.26. The zero-order chi connectivity index (χ0) is 13.2. The van der Waals surface area contributed by atoms with Gasteiger partial charge in [0.25, 0.3) is 0 Å². The summed E-state index contributed by atoms with van der Waals surface area (Å²) in [5.41, 5.74) is -0.0582. The van der Waals surface area contributed by atoms with Crippen molar-refractivity contribution in [3.8, 4) is 5.75 Å². The molecule has 0 aliphatic carbocycles. The molecule has 0 aromatic heterocycles. The lowest BCUT2D eigenvalue weighted by Gasteiger charge is -2.20. The van der Waals surface area contributed by atoms with Crippen LogP contribution in [0.3, 0.4) is 0 Å². The minimum atomic E-state index is -0.510. The fraction of sp³-hybridized carbons (Fsp3) is 0.500. The van der Waals surface area contributed by atoms with Crippen molar-refractivity contribution in [2.24, 2.45) is 0 Å². The summed E-state index contributed by atoms with van der Waals surface area (Å²) in [5.74, 6) is 0.178. The highest BCUT2D eigenvalue weighted by Gasteiger charge is 2.25. The molecule has 0 N–H and O–H groups in total. The molecule has 1 aliphatic rings. The number of benzene rings is 1. The van der Waals surface area contributed by atoms with Crippen molar-refractivity contribution in [3.05, 3.63) is 29.8 Å². The normalized spacial score (nSPS) is 18.3. The second-order valence-corrected chi connectivity index (χ2v) is 5.26. The van der Waals surface area contributed by atoms with E-state index in [-0.39, 0.29) is 12.1 Å². The van der Waals surface area contributed by atoms with Gasteiger partial charge in [-0.05, 0) is 32.9 Å². The number of para-hydroxylation sites is 1. The Hall–Kier alpha value is -1.55. The van der Waals surface area contributed by atoms with E-state index in [0.29, 0.717) is 17.9 Å². The highest BCUT2D eigenvalue weighted by Crippen LogP contribution is 2.22. The van der Waals surface area contributed by atoms with Crippen molar-refractivity contribution in [1.82, 2.24) is 0 Å². The van der Waals surface area contributed by atoms with Crippen molar-refractivity contribution in [2.75, 3.05) is 13.2 Å². The molecule has 4 nitrogen and oxygen atoms in total. The van der Waals surface area contributed by atoms with Crippen LogP contribution >= 0.6 is 0 Å². The van der Waals surface area contributed by atoms with Crippen LogP contribution < -0.4 is 4.74 Å². The maximum absolute atomic E-state index is 12.0. The van der Waals surface area contributed by atoms with Crippen LogP contribution in [0.5, 0.6) is 5.75 Å². The molecule has 1 atom stereocenters. The molecule has 18 heavy (non-hydrogen) atoms. The maximum atomic E-state index is 12.0. The average molecular weight is 250 g/mol. The van der Waals surface area contributed by atoms with Gasteiger partial charge in [0.05, 0.1) is 6.61 Å². The third kappa shape index (κ3) is 3.74. The first-order valence-corrected chi connectivity index (χ1v) is 6.02. The smallest absolute Gasteiger partial charge is 0.342 e. The number of esters is 1. The van der Waals surface area contributed by atoms with Crippen LogP contribution in [0, 0.1) is 0 Å². The fourth-order valence-electron chi connectivity index (χ4n) is 1.44. The van der Waals surface area contributed by atoms with Crippen LogP contribution in [-0.2, 0) is 9.47 Å². The molecule has 0 saturated carbocycles. The fourth-order valence-corrected chi connectivity index (χ4v) is 1.44. The van der Waals surface area contributed by atoms with Crippen LogP contribution in [0.15, 0.2) is 24.3 Å². The van der Waals surface area contributed by atoms with E-state index in [1.165, 1.54) is 0 Å². The third-order valence-corrected chi connectivity index (χ3v) is 2.33. The summed E-state index contributed by atoms with van der Waals surface area (Å²) >= 11 is 0. The maximum Gasteiger partial charge on any atom is 0.342 e. The number of ether oxygens (including phenoxy) is 3. The van der Waals surface area contributed by atoms with Crippen molar-refractivity contribution in [3.63, 3.8) is 0 Å². The Morgan fingerprint density at radius 3 is 2.67 bits per heavy atom. The lowest BCUT2D eigenvalue weighted by atomic mass is 10.1. The van der Waals surface area contributed by atoms with E-state index >= 15 is 0 Å². The van der Waals surface area contributed by atoms with Gasteiger partial charge in [0.15, 0.2) is 0 Å². The van der Waals surface area contributed by atoms with Gasteiger partial charge in [-0.1, -0.05) is 12.1 Å². The van der Waals surface area contributed by atoms with Crippen LogP contribution in [-0.4, -0.2) is 30.9 Å². The Bertz CT molecular complexity index is 430. The molecule has 98 valence electrons. The first-order chi connectivity index (χ1) is 8.46. The molecule has 1 aromatic rings. The Morgan fingerprint density at radius 1 is 1.39 bits per heavy atom. The molecule has 1 aromatic carbocycles. The molecule has 0 amide bonds. The monoisotopic (exact) mass is 250 g/mol. The van der Waals surface area contributed by atoms with Gasteiger partial charge in [0.1, 0.15) is 29.6 Å². The van der Waals surface area contributed by atoms with Gasteiger partial charge >= 0.3 is 5.97 Å². The number of epoxide rings is 1. The lowest BCUT2D eigenvalue weighted by Crippen LogP contribution is -2.24. The number of carbonyl (C=O) groups is 1. The Labute approximate surface area is 107 Å². The largest absolute Gasteiger partial charge is 0.490 e. The highest BCUT2D eigenvalue weighted by atomic mass is 16.6. The molecular formula is C14H18O4. The number of carbonyl (C=O) groups excluding carboxylic acids is 1. The first-order valence-electron chi connectivity index (χ1n) is 6.02. The zero-order valence-corrected chi connectivity index (χ0v) is 10.9. The van der Waals surface area contributed by atoms with E-state index in [9.17, 15) is 4.79 Å². The Kier molecular flexibility index (Phi) is 3.57. The number of hydrogen-bond acceptors (Lipinski definition) is 4. The van der Waals surface area contributed by atoms with E-state index < -0.39 is 5.60 Å². The van der Waals surface area contributed by atoms with Gasteiger partial charge in [-0.2, -0.15) is 0 Å². The summed E-state index contributed by atoms with van der Waals surface area (Å²) in [4.78, 5) is 12.0. The van der Waals surface area contributed by atoms with Crippen molar-refractivity contribution in [2.45, 2.75) is 32.5 Å². The van der Waals surface area contributed by atoms with Crippen LogP contribution in [0.2, 0.25) is 0 Å². The lowest BCUT2D eigenvalue weighted by molar-refractivity contribution is 0.00655. The molecule has 4 heteroatoms. The average Bonchev–Trinajstić information content (AvgIpc) is 3.08. The molecule has 0 bridgehead atoms. The summed E-state index contributed by atoms with van der Waals surface area (Å²) in [5, 5.41) is 0. The molecule has 0 radical (unpaired) electrons. The highest BCUT2D eigenvalue weighted by molar-refractivity contribution is 5.92. The molecule has 1 aliphatic heterocycles. The van der Waals surface area contributed by atoms with Crippen molar-refractivity contribution < 1.29 is 19.0 Å². The van der Waals surface area contributed by atoms with Crippen molar-refractivity contribution in [1.29, 1.82) is 0 Å². The minimum absolute atomic E-state index is 0.164. The Morgan fingerprint density at radius 2 is 2.06 bits per heavy atom. The van der Waals surface area contributed by atoms with Gasteiger partial charge in [0, 0.05) is 0 Å². The van der Waals surface area contributed by atoms with E-state index in [1.807, 2.05) is 26.8 Å². The number of hydrogen-bond donors (Lipinski definition) is 0. The second kappa shape index (κ2) is 4.98. The van der Waals surface area contributed by atoms with Gasteiger partial charge < -0.3 is 14.2 Å². The molecule has 2 rings (SSSR count). The zero-order valence-electron chi connectivity index (χ0n) is 10.9. The van der Waals surface area contributed by atoms with E-state index in [2.05, 4.69) is 0 Å². The van der Waals surface area contributed by atoms with Crippen molar-refractivity contribution >= 4 is 5.97 Å². The molecule has 1 saturated heterocycles. The quantitative estimate of drug-likeness (QED) is 0.608. The summed E-state index contributed by atoms with van der Waals surface area (Å²) in [6.45, 7) is 6.72. The van der Waals surface area contributed by atoms with Gasteiger partial charge in [-0.15, -0.1) is 0 Å². The van der Waals surface area contributed by atoms with Crippen LogP contribution in [0.25, 0.3) is 0 Å². The summed E-state index contributed by atoms with van der Waals surface area (Å²) in [6, 6.07) is 7.09. The number of rotatable bonds is 4. The summed E-state index contributed by atoms with van der Waals surface area (Å²) < 4.78 is 16.0. The molecular weight excluding hydrogens is 232 g/mol. The summed E-state index contributed by atoms with van der Waals surface area (Å²) in [6.07, 6.45) is 0.164. The minimum Gasteiger partial charge on any atom is -0.490 e. The molecule has 1 fully saturated rings. The first kappa shape index (κ1) is 12.9. The predicted octanol–water partition coefficient (Wildman–Crippen LogP) is 2.42. The molecule has 1 unspecified atom stereocenters. The molecule has 0 spiro atoms. The predicted molar refractivity (Wildman–Crippen MR) is 66.8 cm³/mol. The van der Waals surface area contributed by atoms with Gasteiger partial charge in [0.2, 0.25) is 0 Å². The van der Waals surface area contributed by atoms with Gasteiger partial charge in [-0.25, -0.2) is 4.79 Å². The third-order valence-electron chi connectivity index (χ3n) is 2.33. The van der Waals surface area contributed by atoms with Crippen LogP contribution in [0.1, 0.15) is 31.1 Å². The SMILES string of the molecule is CC(C)(C)OC(=O)c1ccccc1OCC1CO1.